The van der Waals surface area contributed by atoms with Crippen molar-refractivity contribution in [2.75, 3.05) is 6.54 Å². The minimum Gasteiger partial charge on any atom is -0.330 e. The van der Waals surface area contributed by atoms with Gasteiger partial charge in [0.15, 0.2) is 0 Å². The second kappa shape index (κ2) is 5.28. The molecule has 3 heteroatoms. The molecule has 0 saturated heterocycles. The van der Waals surface area contributed by atoms with Crippen LogP contribution in [0, 0.1) is 0 Å². The molecule has 8 heavy (non-hydrogen) atoms. The van der Waals surface area contributed by atoms with Gasteiger partial charge in [-0.25, -0.2) is 0 Å². The lowest BCUT2D eigenvalue weighted by Crippen LogP contribution is -2.04. The summed E-state index contributed by atoms with van der Waals surface area (Å²) in [7, 11) is -1.51. The lowest BCUT2D eigenvalue weighted by atomic mass is 10.3. The zero-order chi connectivity index (χ0) is 6.41. The minimum absolute atomic E-state index is 0.737. The van der Waals surface area contributed by atoms with Crippen molar-refractivity contribution < 1.29 is 4.80 Å². The predicted molar refractivity (Wildman–Crippen MR) is 36.8 cm³/mol. The number of unbranched alkanes of at least 4 members (excludes halogenated alkanes) is 1. The highest BCUT2D eigenvalue weighted by Gasteiger charge is 1.97. The van der Waals surface area contributed by atoms with E-state index < -0.39 is 9.04 Å². The number of rotatable bonds is 4. The van der Waals surface area contributed by atoms with Crippen molar-refractivity contribution in [3.63, 3.8) is 0 Å². The minimum atomic E-state index is -1.51. The van der Waals surface area contributed by atoms with Gasteiger partial charge in [0, 0.05) is 0 Å². The van der Waals surface area contributed by atoms with Gasteiger partial charge < -0.3 is 10.5 Å². The van der Waals surface area contributed by atoms with Crippen LogP contribution in [0.1, 0.15) is 12.8 Å². The average molecular weight is 132 g/mol. The predicted octanol–water partition coefficient (Wildman–Crippen LogP) is 0.509. The van der Waals surface area contributed by atoms with Crippen LogP contribution in [0.25, 0.3) is 0 Å². The van der Waals surface area contributed by atoms with Crippen LogP contribution >= 0.6 is 0 Å². The molecule has 0 bridgehead atoms. The summed E-state index contributed by atoms with van der Waals surface area (Å²) in [6.45, 7) is 2.57. The average Bonchev–Trinajstić information content (AvgIpc) is 1.66. The topological polar surface area (TPSA) is 45.9 Å². The first-order chi connectivity index (χ1) is 3.77. The number of nitrogens with two attached hydrogens (primary N) is 1. The van der Waals surface area contributed by atoms with Crippen LogP contribution in [0.3, 0.4) is 0 Å². The van der Waals surface area contributed by atoms with Gasteiger partial charge in [-0.3, -0.25) is 0 Å². The van der Waals surface area contributed by atoms with Crippen molar-refractivity contribution in [2.45, 2.75) is 25.4 Å². The molecule has 0 saturated carbocycles. The van der Waals surface area contributed by atoms with E-state index >= 15 is 0 Å². The van der Waals surface area contributed by atoms with Gasteiger partial charge in [0.2, 0.25) is 9.04 Å². The van der Waals surface area contributed by atoms with Crippen LogP contribution in [0.5, 0.6) is 0 Å². The third kappa shape index (κ3) is 6.14. The molecule has 0 aromatic carbocycles. The fourth-order valence-electron chi connectivity index (χ4n) is 0.576. The monoisotopic (exact) mass is 132 g/mol. The molecular formula is C5H14NOSi. The van der Waals surface area contributed by atoms with E-state index in [1.165, 1.54) is 0 Å². The van der Waals surface area contributed by atoms with Gasteiger partial charge in [0.25, 0.3) is 0 Å². The highest BCUT2D eigenvalue weighted by Crippen LogP contribution is 1.96. The molecule has 2 N–H and O–H groups in total. The molecule has 49 valence electrons. The summed E-state index contributed by atoms with van der Waals surface area (Å²) < 4.78 is 0. The SMILES string of the molecule is C[SiH]([O])CCCCN. The molecule has 2 nitrogen and oxygen atoms in total. The molecule has 0 aliphatic carbocycles. The first-order valence-electron chi connectivity index (χ1n) is 3.13. The van der Waals surface area contributed by atoms with Crippen molar-refractivity contribution in [1.82, 2.24) is 0 Å². The maximum absolute atomic E-state index is 10.5. The third-order valence-electron chi connectivity index (χ3n) is 1.06. The summed E-state index contributed by atoms with van der Waals surface area (Å²) in [5.41, 5.74) is 5.23. The molecule has 0 aliphatic rings. The highest BCUT2D eigenvalue weighted by atomic mass is 28.3. The largest absolute Gasteiger partial charge is 0.330 e. The Labute approximate surface area is 52.4 Å². The van der Waals surface area contributed by atoms with Crippen LogP contribution < -0.4 is 5.73 Å². The van der Waals surface area contributed by atoms with Crippen molar-refractivity contribution in [1.29, 1.82) is 0 Å². The number of hydrogen-bond acceptors (Lipinski definition) is 1. The van der Waals surface area contributed by atoms with Crippen molar-refractivity contribution in [3.05, 3.63) is 0 Å². The van der Waals surface area contributed by atoms with E-state index in [-0.39, 0.29) is 0 Å². The maximum atomic E-state index is 10.5. The van der Waals surface area contributed by atoms with E-state index in [1.807, 2.05) is 6.55 Å². The lowest BCUT2D eigenvalue weighted by molar-refractivity contribution is 0.449. The Bertz CT molecular complexity index is 49.7. The fraction of sp³-hybridized carbons (Fsp3) is 1.00. The van der Waals surface area contributed by atoms with Crippen LogP contribution in [-0.4, -0.2) is 15.6 Å². The van der Waals surface area contributed by atoms with Crippen molar-refractivity contribution >= 4 is 9.04 Å². The standard InChI is InChI=1S/C5H14NOSi/c1-8(7)5-3-2-4-6/h8H,2-6H2,1H3. The highest BCUT2D eigenvalue weighted by molar-refractivity contribution is 6.48. The zero-order valence-electron chi connectivity index (χ0n) is 5.39. The van der Waals surface area contributed by atoms with Crippen molar-refractivity contribution in [3.8, 4) is 0 Å². The summed E-state index contributed by atoms with van der Waals surface area (Å²) in [6.07, 6.45) is 2.08. The molecule has 1 radical (unpaired) electrons. The van der Waals surface area contributed by atoms with E-state index in [0.717, 1.165) is 25.4 Å². The van der Waals surface area contributed by atoms with Crippen LogP contribution in [0.15, 0.2) is 0 Å². The van der Waals surface area contributed by atoms with Gasteiger partial charge >= 0.3 is 0 Å². The molecule has 0 spiro atoms. The van der Waals surface area contributed by atoms with Gasteiger partial charge in [-0.1, -0.05) is 6.42 Å². The number of hydrogen-bond donors (Lipinski definition) is 1. The van der Waals surface area contributed by atoms with Gasteiger partial charge in [0.1, 0.15) is 0 Å². The van der Waals surface area contributed by atoms with Gasteiger partial charge in [-0.05, 0) is 25.6 Å². The van der Waals surface area contributed by atoms with E-state index in [0.29, 0.717) is 0 Å². The summed E-state index contributed by atoms with van der Waals surface area (Å²) in [5, 5.41) is 0. The van der Waals surface area contributed by atoms with E-state index in [1.54, 1.807) is 0 Å². The molecule has 0 aliphatic heterocycles. The second-order valence-electron chi connectivity index (χ2n) is 2.10. The fourth-order valence-corrected chi connectivity index (χ4v) is 1.44. The Morgan fingerprint density at radius 2 is 2.12 bits per heavy atom. The zero-order valence-corrected chi connectivity index (χ0v) is 6.55. The Morgan fingerprint density at radius 3 is 2.50 bits per heavy atom. The van der Waals surface area contributed by atoms with Gasteiger partial charge in [-0.15, -0.1) is 0 Å². The lowest BCUT2D eigenvalue weighted by Gasteiger charge is -1.95. The van der Waals surface area contributed by atoms with E-state index in [9.17, 15) is 4.80 Å². The van der Waals surface area contributed by atoms with Crippen LogP contribution in [0.2, 0.25) is 12.6 Å². The molecule has 0 rings (SSSR count). The molecule has 0 aromatic heterocycles. The molecule has 1 atom stereocenters. The van der Waals surface area contributed by atoms with E-state index in [2.05, 4.69) is 0 Å². The smallest absolute Gasteiger partial charge is 0.219 e. The summed E-state index contributed by atoms with van der Waals surface area (Å²) >= 11 is 0. The Balaban J connectivity index is 2.72. The Kier molecular flexibility index (Phi) is 5.37. The molecule has 0 fully saturated rings. The molecule has 0 heterocycles. The summed E-state index contributed by atoms with van der Waals surface area (Å²) in [6, 6.07) is 0.914. The quantitative estimate of drug-likeness (QED) is 0.439. The van der Waals surface area contributed by atoms with Crippen LogP contribution in [-0.2, 0) is 4.80 Å². The van der Waals surface area contributed by atoms with Crippen LogP contribution in [0.4, 0.5) is 0 Å². The first-order valence-corrected chi connectivity index (χ1v) is 5.57. The maximum Gasteiger partial charge on any atom is 0.219 e. The molecule has 0 amide bonds. The Morgan fingerprint density at radius 1 is 1.50 bits per heavy atom. The van der Waals surface area contributed by atoms with Crippen molar-refractivity contribution in [2.24, 2.45) is 5.73 Å². The first kappa shape index (κ1) is 8.14. The molecule has 0 aromatic rings. The summed E-state index contributed by atoms with van der Waals surface area (Å²) in [5.74, 6) is 0. The third-order valence-corrected chi connectivity index (χ3v) is 2.29. The molecular weight excluding hydrogens is 118 g/mol. The summed E-state index contributed by atoms with van der Waals surface area (Å²) in [4.78, 5) is 10.5. The second-order valence-corrected chi connectivity index (χ2v) is 4.29. The normalized spacial score (nSPS) is 13.9. The van der Waals surface area contributed by atoms with E-state index in [4.69, 9.17) is 5.73 Å². The van der Waals surface area contributed by atoms with Gasteiger partial charge in [0.05, 0.1) is 0 Å². The Hall–Kier alpha value is 0.137. The molecule has 1 unspecified atom stereocenters. The van der Waals surface area contributed by atoms with Gasteiger partial charge in [-0.2, -0.15) is 0 Å².